The molecule has 0 spiro atoms. The van der Waals surface area contributed by atoms with Crippen molar-refractivity contribution in [1.29, 1.82) is 0 Å². The zero-order chi connectivity index (χ0) is 20.8. The fourth-order valence-electron chi connectivity index (χ4n) is 2.45. The summed E-state index contributed by atoms with van der Waals surface area (Å²) in [5, 5.41) is 4.66. The number of anilines is 1. The van der Waals surface area contributed by atoms with Crippen LogP contribution in [0, 0.1) is 5.82 Å². The summed E-state index contributed by atoms with van der Waals surface area (Å²) in [6, 6.07) is 10.4. The van der Waals surface area contributed by atoms with Crippen LogP contribution in [0.3, 0.4) is 0 Å². The zero-order valence-electron chi connectivity index (χ0n) is 15.6. The summed E-state index contributed by atoms with van der Waals surface area (Å²) < 4.78 is 28.6. The molecule has 0 aliphatic heterocycles. The van der Waals surface area contributed by atoms with Crippen molar-refractivity contribution in [1.82, 2.24) is 4.98 Å². The summed E-state index contributed by atoms with van der Waals surface area (Å²) >= 11 is 1.21. The Kier molecular flexibility index (Phi) is 6.40. The van der Waals surface area contributed by atoms with Crippen LogP contribution >= 0.6 is 11.3 Å². The lowest BCUT2D eigenvalue weighted by Gasteiger charge is -2.08. The maximum atomic E-state index is 13.1. The quantitative estimate of drug-likeness (QED) is 0.590. The van der Waals surface area contributed by atoms with E-state index in [9.17, 15) is 14.0 Å². The number of carbonyl (C=O) groups excluding carboxylic acids is 2. The molecule has 1 heterocycles. The number of nitrogens with one attached hydrogen (secondary N) is 1. The van der Waals surface area contributed by atoms with Crippen molar-refractivity contribution in [3.63, 3.8) is 0 Å². The molecule has 7 nitrogen and oxygen atoms in total. The first kappa shape index (κ1) is 20.3. The molecule has 3 aromatic rings. The average Bonchev–Trinajstić information content (AvgIpc) is 3.19. The van der Waals surface area contributed by atoms with E-state index in [1.165, 1.54) is 29.5 Å². The van der Waals surface area contributed by atoms with Gasteiger partial charge >= 0.3 is 5.97 Å². The van der Waals surface area contributed by atoms with Gasteiger partial charge in [0, 0.05) is 17.0 Å². The van der Waals surface area contributed by atoms with Crippen LogP contribution < -0.4 is 14.8 Å². The van der Waals surface area contributed by atoms with E-state index < -0.39 is 24.3 Å². The van der Waals surface area contributed by atoms with Crippen LogP contribution in [0.4, 0.5) is 9.52 Å². The van der Waals surface area contributed by atoms with Crippen LogP contribution in [0.1, 0.15) is 10.4 Å². The van der Waals surface area contributed by atoms with Gasteiger partial charge in [0.15, 0.2) is 11.7 Å². The van der Waals surface area contributed by atoms with Crippen molar-refractivity contribution in [2.75, 3.05) is 26.1 Å². The number of amides is 1. The molecule has 1 amide bonds. The highest BCUT2D eigenvalue weighted by Gasteiger charge is 2.14. The predicted octanol–water partition coefficient (Wildman–Crippen LogP) is 3.76. The van der Waals surface area contributed by atoms with Gasteiger partial charge in [-0.3, -0.25) is 10.1 Å². The van der Waals surface area contributed by atoms with E-state index in [1.54, 1.807) is 37.8 Å². The first-order valence-corrected chi connectivity index (χ1v) is 9.28. The minimum Gasteiger partial charge on any atom is -0.497 e. The van der Waals surface area contributed by atoms with Gasteiger partial charge in [0.2, 0.25) is 0 Å². The second-order valence-corrected chi connectivity index (χ2v) is 6.60. The lowest BCUT2D eigenvalue weighted by Crippen LogP contribution is -2.20. The van der Waals surface area contributed by atoms with Gasteiger partial charge in [0.05, 0.1) is 25.5 Å². The monoisotopic (exact) mass is 416 g/mol. The molecule has 3 rings (SSSR count). The fraction of sp³-hybridized carbons (Fsp3) is 0.150. The van der Waals surface area contributed by atoms with E-state index in [2.05, 4.69) is 10.3 Å². The van der Waals surface area contributed by atoms with Crippen LogP contribution in [-0.2, 0) is 9.53 Å². The van der Waals surface area contributed by atoms with E-state index in [0.717, 1.165) is 11.6 Å². The Bertz CT molecular complexity index is 1040. The normalized spacial score (nSPS) is 10.3. The van der Waals surface area contributed by atoms with Crippen molar-refractivity contribution in [2.24, 2.45) is 0 Å². The highest BCUT2D eigenvalue weighted by molar-refractivity contribution is 7.14. The van der Waals surface area contributed by atoms with Crippen LogP contribution in [0.25, 0.3) is 11.3 Å². The number of ether oxygens (including phenoxy) is 3. The van der Waals surface area contributed by atoms with Gasteiger partial charge in [-0.25, -0.2) is 14.2 Å². The highest BCUT2D eigenvalue weighted by Crippen LogP contribution is 2.34. The van der Waals surface area contributed by atoms with Crippen LogP contribution in [0.2, 0.25) is 0 Å². The molecule has 150 valence electrons. The summed E-state index contributed by atoms with van der Waals surface area (Å²) in [5.41, 5.74) is 1.38. The Morgan fingerprint density at radius 2 is 1.97 bits per heavy atom. The first-order chi connectivity index (χ1) is 14.0. The predicted molar refractivity (Wildman–Crippen MR) is 106 cm³/mol. The van der Waals surface area contributed by atoms with E-state index in [0.29, 0.717) is 22.3 Å². The maximum absolute atomic E-state index is 13.1. The largest absolute Gasteiger partial charge is 0.497 e. The summed E-state index contributed by atoms with van der Waals surface area (Å²) in [6.45, 7) is -0.518. The molecular formula is C20H17FN2O5S. The first-order valence-electron chi connectivity index (χ1n) is 8.40. The van der Waals surface area contributed by atoms with Crippen LogP contribution in [0.5, 0.6) is 11.5 Å². The molecule has 0 radical (unpaired) electrons. The fourth-order valence-corrected chi connectivity index (χ4v) is 3.18. The molecule has 29 heavy (non-hydrogen) atoms. The van der Waals surface area contributed by atoms with Crippen molar-refractivity contribution in [3.05, 3.63) is 59.2 Å². The summed E-state index contributed by atoms with van der Waals surface area (Å²) in [7, 11) is 3.10. The molecule has 0 atom stereocenters. The number of aromatic nitrogens is 1. The van der Waals surface area contributed by atoms with Crippen molar-refractivity contribution in [2.45, 2.75) is 0 Å². The molecule has 0 fully saturated rings. The Hall–Kier alpha value is -3.46. The SMILES string of the molecule is COc1ccc(-c2csc(NC(=O)COC(=O)c3cccc(F)c3)n2)c(OC)c1. The number of carbonyl (C=O) groups is 2. The second-order valence-electron chi connectivity index (χ2n) is 5.74. The third-order valence-electron chi connectivity index (χ3n) is 3.83. The topological polar surface area (TPSA) is 86.8 Å². The van der Waals surface area contributed by atoms with Gasteiger partial charge in [0.1, 0.15) is 17.3 Å². The number of nitrogens with zero attached hydrogens (tertiary/aromatic N) is 1. The van der Waals surface area contributed by atoms with Gasteiger partial charge in [-0.1, -0.05) is 6.07 Å². The lowest BCUT2D eigenvalue weighted by atomic mass is 10.1. The van der Waals surface area contributed by atoms with Gasteiger partial charge < -0.3 is 14.2 Å². The van der Waals surface area contributed by atoms with E-state index in [-0.39, 0.29) is 5.56 Å². The highest BCUT2D eigenvalue weighted by atomic mass is 32.1. The molecule has 0 aliphatic carbocycles. The summed E-state index contributed by atoms with van der Waals surface area (Å²) in [4.78, 5) is 28.2. The van der Waals surface area contributed by atoms with Gasteiger partial charge in [-0.15, -0.1) is 11.3 Å². The molecule has 0 saturated carbocycles. The molecular weight excluding hydrogens is 399 g/mol. The number of benzene rings is 2. The number of hydrogen-bond donors (Lipinski definition) is 1. The van der Waals surface area contributed by atoms with E-state index in [4.69, 9.17) is 14.2 Å². The Labute approximate surface area is 170 Å². The molecule has 0 unspecified atom stereocenters. The van der Waals surface area contributed by atoms with Crippen molar-refractivity contribution >= 4 is 28.3 Å². The maximum Gasteiger partial charge on any atom is 0.338 e. The molecule has 2 aromatic carbocycles. The minimum absolute atomic E-state index is 0.0286. The number of hydrogen-bond acceptors (Lipinski definition) is 7. The third-order valence-corrected chi connectivity index (χ3v) is 4.59. The minimum atomic E-state index is -0.789. The Morgan fingerprint density at radius 1 is 1.14 bits per heavy atom. The molecule has 1 N–H and O–H groups in total. The van der Waals surface area contributed by atoms with Gasteiger partial charge in [0.25, 0.3) is 5.91 Å². The standard InChI is InChI=1S/C20H17FN2O5S/c1-26-14-6-7-15(17(9-14)27-2)16-11-29-20(22-16)23-18(24)10-28-19(25)12-4-3-5-13(21)8-12/h3-9,11H,10H2,1-2H3,(H,22,23,24). The van der Waals surface area contributed by atoms with Gasteiger partial charge in [-0.2, -0.15) is 0 Å². The Morgan fingerprint density at radius 3 is 2.69 bits per heavy atom. The third kappa shape index (κ3) is 5.08. The molecule has 9 heteroatoms. The average molecular weight is 416 g/mol. The number of halogens is 1. The second kappa shape index (κ2) is 9.16. The number of rotatable bonds is 7. The zero-order valence-corrected chi connectivity index (χ0v) is 16.4. The van der Waals surface area contributed by atoms with Gasteiger partial charge in [-0.05, 0) is 30.3 Å². The lowest BCUT2D eigenvalue weighted by molar-refractivity contribution is -0.119. The van der Waals surface area contributed by atoms with Crippen LogP contribution in [0.15, 0.2) is 47.8 Å². The smallest absolute Gasteiger partial charge is 0.338 e. The van der Waals surface area contributed by atoms with Crippen LogP contribution in [-0.4, -0.2) is 37.7 Å². The summed E-state index contributed by atoms with van der Waals surface area (Å²) in [5.74, 6) is -0.681. The van der Waals surface area contributed by atoms with Crippen molar-refractivity contribution in [3.8, 4) is 22.8 Å². The number of methoxy groups -OCH3 is 2. The molecule has 0 aliphatic rings. The molecule has 1 aromatic heterocycles. The van der Waals surface area contributed by atoms with Crippen molar-refractivity contribution < 1.29 is 28.2 Å². The number of esters is 1. The van der Waals surface area contributed by atoms with E-state index >= 15 is 0 Å². The van der Waals surface area contributed by atoms with E-state index in [1.807, 2.05) is 0 Å². The molecule has 0 bridgehead atoms. The number of thiazole rings is 1. The summed E-state index contributed by atoms with van der Waals surface area (Å²) in [6.07, 6.45) is 0. The molecule has 0 saturated heterocycles. The Balaban J connectivity index is 1.61.